The van der Waals surface area contributed by atoms with Crippen LogP contribution in [0.3, 0.4) is 0 Å². The highest BCUT2D eigenvalue weighted by Gasteiger charge is 2.11. The molecule has 0 saturated carbocycles. The van der Waals surface area contributed by atoms with Gasteiger partial charge in [-0.2, -0.15) is 0 Å². The maximum atomic E-state index is 12.1. The predicted molar refractivity (Wildman–Crippen MR) is 78.2 cm³/mol. The molecule has 0 aliphatic rings. The minimum Gasteiger partial charge on any atom is -0.366 e. The number of azide groups is 1. The average molecular weight is 281 g/mol. The Balaban J connectivity index is 2.22. The second-order valence-corrected chi connectivity index (χ2v) is 4.10. The van der Waals surface area contributed by atoms with E-state index in [4.69, 9.17) is 11.3 Å². The van der Waals surface area contributed by atoms with E-state index in [1.165, 1.54) is 30.3 Å². The number of nitrogens with one attached hydrogen (secondary N) is 1. The molecule has 0 spiro atoms. The Labute approximate surface area is 120 Å². The van der Waals surface area contributed by atoms with Gasteiger partial charge in [0, 0.05) is 16.2 Å². The lowest BCUT2D eigenvalue weighted by Crippen LogP contribution is -2.18. The van der Waals surface area contributed by atoms with Gasteiger partial charge in [0.15, 0.2) is 0 Å². The Morgan fingerprint density at radius 3 is 2.38 bits per heavy atom. The molecule has 0 aromatic heterocycles. The molecule has 7 heteroatoms. The third-order valence-corrected chi connectivity index (χ3v) is 2.73. The molecule has 0 bridgehead atoms. The normalized spacial score (nSPS) is 9.52. The Morgan fingerprint density at radius 1 is 1.10 bits per heavy atom. The van der Waals surface area contributed by atoms with E-state index in [1.807, 2.05) is 0 Å². The van der Waals surface area contributed by atoms with Crippen LogP contribution in [-0.2, 0) is 0 Å². The molecule has 0 unspecified atom stereocenters. The lowest BCUT2D eigenvalue weighted by Gasteiger charge is -2.08. The SMILES string of the molecule is [N-]=[N+]=Nc1ccc(C(=O)Nc2ccccc2C(N)=O)cc1. The molecule has 0 radical (unpaired) electrons. The van der Waals surface area contributed by atoms with Crippen LogP contribution in [0.2, 0.25) is 0 Å². The number of benzene rings is 2. The van der Waals surface area contributed by atoms with Gasteiger partial charge in [0.2, 0.25) is 0 Å². The summed E-state index contributed by atoms with van der Waals surface area (Å²) in [6.45, 7) is 0. The van der Waals surface area contributed by atoms with Gasteiger partial charge < -0.3 is 11.1 Å². The molecule has 2 aromatic carbocycles. The summed E-state index contributed by atoms with van der Waals surface area (Å²) in [5, 5.41) is 6.03. The van der Waals surface area contributed by atoms with Crippen molar-refractivity contribution in [1.82, 2.24) is 0 Å². The predicted octanol–water partition coefficient (Wildman–Crippen LogP) is 2.98. The number of carbonyl (C=O) groups is 2. The van der Waals surface area contributed by atoms with E-state index in [1.54, 1.807) is 18.2 Å². The summed E-state index contributed by atoms with van der Waals surface area (Å²) in [5.74, 6) is -1.01. The molecule has 0 aliphatic carbocycles. The quantitative estimate of drug-likeness (QED) is 0.508. The highest BCUT2D eigenvalue weighted by molar-refractivity contribution is 6.08. The number of para-hydroxylation sites is 1. The number of nitrogens with zero attached hydrogens (tertiary/aromatic N) is 3. The number of nitrogens with two attached hydrogens (primary N) is 1. The molecule has 0 fully saturated rings. The minimum atomic E-state index is -0.621. The van der Waals surface area contributed by atoms with Gasteiger partial charge in [0.25, 0.3) is 11.8 Å². The Bertz CT molecular complexity index is 733. The van der Waals surface area contributed by atoms with Gasteiger partial charge in [0.1, 0.15) is 0 Å². The van der Waals surface area contributed by atoms with Gasteiger partial charge in [-0.1, -0.05) is 29.4 Å². The Morgan fingerprint density at radius 2 is 1.76 bits per heavy atom. The van der Waals surface area contributed by atoms with Gasteiger partial charge >= 0.3 is 0 Å². The summed E-state index contributed by atoms with van der Waals surface area (Å²) < 4.78 is 0. The zero-order chi connectivity index (χ0) is 15.2. The molecule has 0 aliphatic heterocycles. The van der Waals surface area contributed by atoms with E-state index in [2.05, 4.69) is 15.3 Å². The zero-order valence-corrected chi connectivity index (χ0v) is 10.9. The van der Waals surface area contributed by atoms with Crippen LogP contribution in [0.15, 0.2) is 53.6 Å². The number of anilines is 1. The van der Waals surface area contributed by atoms with E-state index in [0.29, 0.717) is 16.9 Å². The van der Waals surface area contributed by atoms with E-state index >= 15 is 0 Å². The highest BCUT2D eigenvalue weighted by Crippen LogP contribution is 2.17. The van der Waals surface area contributed by atoms with Crippen molar-refractivity contribution in [2.75, 3.05) is 5.32 Å². The van der Waals surface area contributed by atoms with Crippen molar-refractivity contribution in [3.05, 3.63) is 70.1 Å². The molecule has 104 valence electrons. The molecule has 2 rings (SSSR count). The number of carbonyl (C=O) groups excluding carboxylic acids is 2. The van der Waals surface area contributed by atoms with Crippen molar-refractivity contribution < 1.29 is 9.59 Å². The van der Waals surface area contributed by atoms with E-state index < -0.39 is 11.8 Å². The molecular weight excluding hydrogens is 270 g/mol. The van der Waals surface area contributed by atoms with Crippen LogP contribution in [0.4, 0.5) is 11.4 Å². The van der Waals surface area contributed by atoms with Crippen molar-refractivity contribution in [3.63, 3.8) is 0 Å². The summed E-state index contributed by atoms with van der Waals surface area (Å²) in [7, 11) is 0. The Kier molecular flexibility index (Phi) is 4.18. The van der Waals surface area contributed by atoms with Gasteiger partial charge in [-0.15, -0.1) is 0 Å². The molecule has 21 heavy (non-hydrogen) atoms. The highest BCUT2D eigenvalue weighted by atomic mass is 16.2. The number of hydrogen-bond donors (Lipinski definition) is 2. The third-order valence-electron chi connectivity index (χ3n) is 2.73. The van der Waals surface area contributed by atoms with E-state index in [0.717, 1.165) is 0 Å². The van der Waals surface area contributed by atoms with Gasteiger partial charge in [-0.05, 0) is 29.8 Å². The topological polar surface area (TPSA) is 121 Å². The van der Waals surface area contributed by atoms with Crippen LogP contribution in [0.1, 0.15) is 20.7 Å². The lowest BCUT2D eigenvalue weighted by molar-refractivity contribution is 0.100. The van der Waals surface area contributed by atoms with Crippen molar-refractivity contribution in [3.8, 4) is 0 Å². The van der Waals surface area contributed by atoms with Crippen molar-refractivity contribution in [1.29, 1.82) is 0 Å². The van der Waals surface area contributed by atoms with Crippen LogP contribution in [0.25, 0.3) is 10.4 Å². The molecule has 0 saturated heterocycles. The smallest absolute Gasteiger partial charge is 0.255 e. The van der Waals surface area contributed by atoms with Crippen LogP contribution < -0.4 is 11.1 Å². The number of hydrogen-bond acceptors (Lipinski definition) is 3. The third kappa shape index (κ3) is 3.37. The summed E-state index contributed by atoms with van der Waals surface area (Å²) in [4.78, 5) is 26.0. The van der Waals surface area contributed by atoms with Crippen LogP contribution >= 0.6 is 0 Å². The molecule has 7 nitrogen and oxygen atoms in total. The molecule has 0 atom stereocenters. The maximum absolute atomic E-state index is 12.1. The summed E-state index contributed by atoms with van der Waals surface area (Å²) in [6, 6.07) is 12.5. The van der Waals surface area contributed by atoms with Gasteiger partial charge in [-0.3, -0.25) is 9.59 Å². The van der Waals surface area contributed by atoms with E-state index in [9.17, 15) is 9.59 Å². The molecular formula is C14H11N5O2. The van der Waals surface area contributed by atoms with Crippen LogP contribution in [0, 0.1) is 0 Å². The monoisotopic (exact) mass is 281 g/mol. The fourth-order valence-corrected chi connectivity index (χ4v) is 1.73. The number of amides is 2. The van der Waals surface area contributed by atoms with Gasteiger partial charge in [-0.25, -0.2) is 0 Å². The standard InChI is InChI=1S/C14H11N5O2/c15-13(20)11-3-1-2-4-12(11)17-14(21)9-5-7-10(8-6-9)18-19-16/h1-8H,(H2,15,20)(H,17,21). The van der Waals surface area contributed by atoms with E-state index in [-0.39, 0.29) is 5.56 Å². The molecule has 0 heterocycles. The number of rotatable bonds is 4. The van der Waals surface area contributed by atoms with Crippen molar-refractivity contribution >= 4 is 23.2 Å². The van der Waals surface area contributed by atoms with Crippen molar-refractivity contribution in [2.45, 2.75) is 0 Å². The second-order valence-electron chi connectivity index (χ2n) is 4.10. The first-order chi connectivity index (χ1) is 10.1. The van der Waals surface area contributed by atoms with Crippen LogP contribution in [0.5, 0.6) is 0 Å². The molecule has 3 N–H and O–H groups in total. The Hall–Kier alpha value is -3.31. The first-order valence-electron chi connectivity index (χ1n) is 5.97. The summed E-state index contributed by atoms with van der Waals surface area (Å²) in [5.41, 5.74) is 14.9. The zero-order valence-electron chi connectivity index (χ0n) is 10.9. The largest absolute Gasteiger partial charge is 0.366 e. The maximum Gasteiger partial charge on any atom is 0.255 e. The molecule has 2 amide bonds. The minimum absolute atomic E-state index is 0.233. The number of primary amides is 1. The van der Waals surface area contributed by atoms with Crippen LogP contribution in [-0.4, -0.2) is 11.8 Å². The summed E-state index contributed by atoms with van der Waals surface area (Å²) >= 11 is 0. The lowest BCUT2D eigenvalue weighted by atomic mass is 10.1. The second kappa shape index (κ2) is 6.23. The van der Waals surface area contributed by atoms with Crippen molar-refractivity contribution in [2.24, 2.45) is 10.8 Å². The first kappa shape index (κ1) is 14.1. The summed E-state index contributed by atoms with van der Waals surface area (Å²) in [6.07, 6.45) is 0. The first-order valence-corrected chi connectivity index (χ1v) is 5.97. The molecule has 2 aromatic rings. The van der Waals surface area contributed by atoms with Gasteiger partial charge in [0.05, 0.1) is 11.3 Å². The fraction of sp³-hybridized carbons (Fsp3) is 0. The average Bonchev–Trinajstić information content (AvgIpc) is 2.48. The fourth-order valence-electron chi connectivity index (χ4n) is 1.73.